The fourth-order valence-corrected chi connectivity index (χ4v) is 3.42. The third-order valence-electron chi connectivity index (χ3n) is 4.60. The molecule has 0 bridgehead atoms. The van der Waals surface area contributed by atoms with E-state index in [0.29, 0.717) is 43.0 Å². The fourth-order valence-electron chi connectivity index (χ4n) is 3.23. The number of fused-ring (bicyclic) bond motifs is 1. The van der Waals surface area contributed by atoms with Gasteiger partial charge in [0.25, 0.3) is 11.2 Å². The van der Waals surface area contributed by atoms with Crippen molar-refractivity contribution in [2.45, 2.75) is 19.5 Å². The van der Waals surface area contributed by atoms with Gasteiger partial charge >= 0.3 is 0 Å². The number of H-pyrrole nitrogens is 1. The molecule has 1 aromatic carbocycles. The molecule has 142 valence electrons. The smallest absolute Gasteiger partial charge is 0.288 e. The monoisotopic (exact) mass is 398 g/mol. The maximum atomic E-state index is 12.6. The second-order valence-corrected chi connectivity index (χ2v) is 6.88. The van der Waals surface area contributed by atoms with Crippen LogP contribution in [0.4, 0.5) is 5.69 Å². The van der Waals surface area contributed by atoms with Crippen LogP contribution in [0.5, 0.6) is 0 Å². The summed E-state index contributed by atoms with van der Waals surface area (Å²) in [7, 11) is 0. The number of nitrogens with one attached hydrogen (secondary N) is 1. The van der Waals surface area contributed by atoms with E-state index in [2.05, 4.69) is 24.8 Å². The molecule has 28 heavy (non-hydrogen) atoms. The Labute approximate surface area is 164 Å². The molecule has 0 saturated heterocycles. The lowest BCUT2D eigenvalue weighted by atomic mass is 10.1. The Morgan fingerprint density at radius 1 is 1.29 bits per heavy atom. The SMILES string of the molecule is O=c1[nH]c(-c2cncnc2)nc2c1CN(Cc1ccc(Cl)c([N+](=O)[O-])c1)CC2. The van der Waals surface area contributed by atoms with Crippen LogP contribution in [0.15, 0.2) is 41.7 Å². The lowest BCUT2D eigenvalue weighted by molar-refractivity contribution is -0.384. The van der Waals surface area contributed by atoms with Crippen molar-refractivity contribution in [2.24, 2.45) is 0 Å². The second kappa shape index (κ2) is 7.45. The molecular formula is C18H15ClN6O3. The summed E-state index contributed by atoms with van der Waals surface area (Å²) < 4.78 is 0. The molecule has 3 heterocycles. The number of hydrogen-bond acceptors (Lipinski definition) is 7. The molecule has 0 radical (unpaired) electrons. The molecule has 1 aliphatic rings. The number of halogens is 1. The van der Waals surface area contributed by atoms with E-state index >= 15 is 0 Å². The average molecular weight is 399 g/mol. The van der Waals surface area contributed by atoms with Crippen LogP contribution in [0.2, 0.25) is 5.02 Å². The third-order valence-corrected chi connectivity index (χ3v) is 4.91. The minimum atomic E-state index is -0.499. The van der Waals surface area contributed by atoms with Crippen LogP contribution in [0.1, 0.15) is 16.8 Å². The van der Waals surface area contributed by atoms with Gasteiger partial charge in [-0.25, -0.2) is 15.0 Å². The van der Waals surface area contributed by atoms with Crippen molar-refractivity contribution in [3.8, 4) is 11.4 Å². The van der Waals surface area contributed by atoms with Crippen LogP contribution >= 0.6 is 11.6 Å². The molecular weight excluding hydrogens is 384 g/mol. The van der Waals surface area contributed by atoms with Gasteiger partial charge in [-0.3, -0.25) is 19.8 Å². The molecule has 1 aliphatic heterocycles. The predicted molar refractivity (Wildman–Crippen MR) is 102 cm³/mol. The Morgan fingerprint density at radius 2 is 2.07 bits per heavy atom. The molecule has 0 saturated carbocycles. The van der Waals surface area contributed by atoms with E-state index in [0.717, 1.165) is 11.3 Å². The van der Waals surface area contributed by atoms with Crippen molar-refractivity contribution in [3.05, 3.63) is 79.2 Å². The van der Waals surface area contributed by atoms with E-state index < -0.39 is 4.92 Å². The maximum absolute atomic E-state index is 12.6. The molecule has 0 unspecified atom stereocenters. The zero-order chi connectivity index (χ0) is 19.7. The Bertz CT molecular complexity index is 1100. The lowest BCUT2D eigenvalue weighted by Gasteiger charge is -2.27. The van der Waals surface area contributed by atoms with Gasteiger partial charge in [0.2, 0.25) is 0 Å². The van der Waals surface area contributed by atoms with E-state index in [4.69, 9.17) is 11.6 Å². The molecule has 0 amide bonds. The predicted octanol–water partition coefficient (Wildman–Crippen LogP) is 2.35. The van der Waals surface area contributed by atoms with Gasteiger partial charge in [-0.1, -0.05) is 17.7 Å². The lowest BCUT2D eigenvalue weighted by Crippen LogP contribution is -2.35. The van der Waals surface area contributed by atoms with E-state index in [1.807, 2.05) is 0 Å². The van der Waals surface area contributed by atoms with E-state index in [9.17, 15) is 14.9 Å². The van der Waals surface area contributed by atoms with Crippen LogP contribution in [0.3, 0.4) is 0 Å². The number of benzene rings is 1. The van der Waals surface area contributed by atoms with Crippen molar-refractivity contribution in [1.29, 1.82) is 0 Å². The topological polar surface area (TPSA) is 118 Å². The first kappa shape index (κ1) is 18.2. The van der Waals surface area contributed by atoms with Crippen LogP contribution in [0, 0.1) is 10.1 Å². The fraction of sp³-hybridized carbons (Fsp3) is 0.222. The van der Waals surface area contributed by atoms with Crippen molar-refractivity contribution in [1.82, 2.24) is 24.8 Å². The highest BCUT2D eigenvalue weighted by molar-refractivity contribution is 6.32. The zero-order valence-electron chi connectivity index (χ0n) is 14.6. The van der Waals surface area contributed by atoms with Gasteiger partial charge in [0.05, 0.1) is 21.7 Å². The number of nitrogens with zero attached hydrogens (tertiary/aromatic N) is 5. The number of aromatic amines is 1. The van der Waals surface area contributed by atoms with Crippen LogP contribution in [-0.2, 0) is 19.5 Å². The number of hydrogen-bond donors (Lipinski definition) is 1. The number of rotatable bonds is 4. The molecule has 0 spiro atoms. The average Bonchev–Trinajstić information content (AvgIpc) is 2.70. The molecule has 1 N–H and O–H groups in total. The van der Waals surface area contributed by atoms with Crippen molar-refractivity contribution < 1.29 is 4.92 Å². The largest absolute Gasteiger partial charge is 0.306 e. The van der Waals surface area contributed by atoms with E-state index in [1.54, 1.807) is 18.5 Å². The molecule has 10 heteroatoms. The van der Waals surface area contributed by atoms with Crippen LogP contribution < -0.4 is 5.56 Å². The Morgan fingerprint density at radius 3 is 2.82 bits per heavy atom. The van der Waals surface area contributed by atoms with Gasteiger partial charge in [-0.15, -0.1) is 0 Å². The van der Waals surface area contributed by atoms with Gasteiger partial charge in [0.1, 0.15) is 17.2 Å². The highest BCUT2D eigenvalue weighted by atomic mass is 35.5. The van der Waals surface area contributed by atoms with E-state index in [1.165, 1.54) is 18.5 Å². The van der Waals surface area contributed by atoms with Crippen molar-refractivity contribution >= 4 is 17.3 Å². The van der Waals surface area contributed by atoms with Gasteiger partial charge in [-0.2, -0.15) is 0 Å². The quantitative estimate of drug-likeness (QED) is 0.529. The second-order valence-electron chi connectivity index (χ2n) is 6.47. The molecule has 0 aliphatic carbocycles. The summed E-state index contributed by atoms with van der Waals surface area (Å²) in [5.74, 6) is 0.450. The van der Waals surface area contributed by atoms with E-state index in [-0.39, 0.29) is 16.3 Å². The maximum Gasteiger partial charge on any atom is 0.288 e. The highest BCUT2D eigenvalue weighted by Crippen LogP contribution is 2.26. The summed E-state index contributed by atoms with van der Waals surface area (Å²) in [6, 6.07) is 4.75. The molecule has 4 rings (SSSR count). The molecule has 0 fully saturated rings. The van der Waals surface area contributed by atoms with Gasteiger partial charge < -0.3 is 4.98 Å². The van der Waals surface area contributed by atoms with Gasteiger partial charge in [0.15, 0.2) is 0 Å². The van der Waals surface area contributed by atoms with Crippen molar-refractivity contribution in [2.75, 3.05) is 6.54 Å². The minimum absolute atomic E-state index is 0.107. The molecule has 2 aromatic heterocycles. The van der Waals surface area contributed by atoms with Gasteiger partial charge in [0, 0.05) is 44.5 Å². The van der Waals surface area contributed by atoms with Crippen molar-refractivity contribution in [3.63, 3.8) is 0 Å². The summed E-state index contributed by atoms with van der Waals surface area (Å²) in [5, 5.41) is 11.2. The molecule has 0 atom stereocenters. The Hall–Kier alpha value is -3.17. The summed E-state index contributed by atoms with van der Waals surface area (Å²) in [6.45, 7) is 1.58. The first-order valence-electron chi connectivity index (χ1n) is 8.54. The first-order chi connectivity index (χ1) is 13.5. The summed E-state index contributed by atoms with van der Waals surface area (Å²) in [6.07, 6.45) is 5.22. The Kier molecular flexibility index (Phi) is 4.84. The number of nitro groups is 1. The van der Waals surface area contributed by atoms with Gasteiger partial charge in [-0.05, 0) is 11.6 Å². The summed E-state index contributed by atoms with van der Waals surface area (Å²) in [5.41, 5.74) is 2.46. The van der Waals surface area contributed by atoms with Crippen LogP contribution in [0.25, 0.3) is 11.4 Å². The standard InChI is InChI=1S/C18H15ClN6O3/c19-14-2-1-11(5-16(14)25(27)28)8-24-4-3-15-13(9-24)18(26)23-17(22-15)12-6-20-10-21-7-12/h1-2,5-7,10H,3-4,8-9H2,(H,22,23,26). The minimum Gasteiger partial charge on any atom is -0.306 e. The number of aromatic nitrogens is 4. The normalized spacial score (nSPS) is 13.9. The first-order valence-corrected chi connectivity index (χ1v) is 8.91. The highest BCUT2D eigenvalue weighted by Gasteiger charge is 2.22. The Balaban J connectivity index is 1.57. The molecule has 3 aromatic rings. The zero-order valence-corrected chi connectivity index (χ0v) is 15.4. The summed E-state index contributed by atoms with van der Waals surface area (Å²) >= 11 is 5.87. The summed E-state index contributed by atoms with van der Waals surface area (Å²) in [4.78, 5) is 40.4. The van der Waals surface area contributed by atoms with Crippen LogP contribution in [-0.4, -0.2) is 36.3 Å². The number of nitro benzene ring substituents is 1. The molecule has 9 nitrogen and oxygen atoms in total. The third kappa shape index (κ3) is 3.62.